The molecular formula is C3H9IN2O2S. The van der Waals surface area contributed by atoms with Crippen molar-refractivity contribution in [3.63, 3.8) is 0 Å². The first-order valence-electron chi connectivity index (χ1n) is 2.37. The number of rotatable bonds is 3. The molecule has 9 heavy (non-hydrogen) atoms. The zero-order valence-electron chi connectivity index (χ0n) is 5.18. The Balaban J connectivity index is 3.90. The molecule has 0 saturated heterocycles. The minimum atomic E-state index is -3.23. The van der Waals surface area contributed by atoms with Crippen molar-refractivity contribution in [2.75, 3.05) is 0 Å². The molecule has 0 heterocycles. The molecule has 0 aromatic carbocycles. The van der Waals surface area contributed by atoms with Gasteiger partial charge in [0.25, 0.3) is 10.2 Å². The highest BCUT2D eigenvalue weighted by Gasteiger charge is 2.06. The monoisotopic (exact) mass is 264 g/mol. The van der Waals surface area contributed by atoms with E-state index in [2.05, 4.69) is 7.66 Å². The summed E-state index contributed by atoms with van der Waals surface area (Å²) >= 11 is 1.56. The van der Waals surface area contributed by atoms with E-state index in [9.17, 15) is 8.42 Å². The second-order valence-corrected chi connectivity index (χ2v) is 4.57. The Kier molecular flexibility index (Phi) is 3.94. The maximum atomic E-state index is 10.6. The van der Waals surface area contributed by atoms with Gasteiger partial charge in [0.05, 0.1) is 0 Å². The van der Waals surface area contributed by atoms with Crippen LogP contribution in [0, 0.1) is 0 Å². The van der Waals surface area contributed by atoms with Crippen molar-refractivity contribution in [1.82, 2.24) is 7.66 Å². The molecule has 0 fully saturated rings. The van der Waals surface area contributed by atoms with Gasteiger partial charge in [-0.1, -0.05) is 0 Å². The summed E-state index contributed by atoms with van der Waals surface area (Å²) in [5.41, 5.74) is 0. The summed E-state index contributed by atoms with van der Waals surface area (Å²) in [5.74, 6) is 0. The van der Waals surface area contributed by atoms with E-state index in [1.54, 1.807) is 36.7 Å². The van der Waals surface area contributed by atoms with Crippen LogP contribution >= 0.6 is 22.9 Å². The van der Waals surface area contributed by atoms with Crippen LogP contribution in [0.5, 0.6) is 0 Å². The van der Waals surface area contributed by atoms with Crippen LogP contribution in [0.25, 0.3) is 0 Å². The van der Waals surface area contributed by atoms with Gasteiger partial charge in [-0.05, 0) is 13.8 Å². The van der Waals surface area contributed by atoms with Gasteiger partial charge in [-0.2, -0.15) is 13.1 Å². The van der Waals surface area contributed by atoms with Gasteiger partial charge in [-0.25, -0.2) is 0 Å². The number of hydrogen-bond donors (Lipinski definition) is 2. The fraction of sp³-hybridized carbons (Fsp3) is 1.00. The SMILES string of the molecule is CC(C)NS(=O)(=O)NI. The van der Waals surface area contributed by atoms with Crippen molar-refractivity contribution in [3.05, 3.63) is 0 Å². The van der Waals surface area contributed by atoms with E-state index in [0.29, 0.717) is 0 Å². The highest BCUT2D eigenvalue weighted by Crippen LogP contribution is 1.85. The highest BCUT2D eigenvalue weighted by atomic mass is 127. The van der Waals surface area contributed by atoms with Gasteiger partial charge in [-0.15, -0.1) is 2.94 Å². The molecule has 0 saturated carbocycles. The van der Waals surface area contributed by atoms with Crippen LogP contribution in [0.4, 0.5) is 0 Å². The van der Waals surface area contributed by atoms with Crippen molar-refractivity contribution >= 4 is 33.1 Å². The summed E-state index contributed by atoms with van der Waals surface area (Å²) in [7, 11) is -3.23. The summed E-state index contributed by atoms with van der Waals surface area (Å²) in [4.78, 5) is 0. The normalized spacial score (nSPS) is 12.4. The Bertz CT molecular complexity index is 165. The molecule has 0 bridgehead atoms. The lowest BCUT2D eigenvalue weighted by Gasteiger charge is -2.05. The van der Waals surface area contributed by atoms with E-state index >= 15 is 0 Å². The van der Waals surface area contributed by atoms with Crippen LogP contribution in [0.15, 0.2) is 0 Å². The average molecular weight is 264 g/mol. The first-order chi connectivity index (χ1) is 3.98. The molecule has 0 unspecified atom stereocenters. The van der Waals surface area contributed by atoms with Crippen LogP contribution < -0.4 is 7.66 Å². The lowest BCUT2D eigenvalue weighted by molar-refractivity contribution is 0.569. The Morgan fingerprint density at radius 2 is 1.89 bits per heavy atom. The minimum Gasteiger partial charge on any atom is -0.199 e. The second kappa shape index (κ2) is 3.69. The Morgan fingerprint density at radius 3 is 2.00 bits per heavy atom. The third-order valence-corrected chi connectivity index (χ3v) is 3.22. The number of hydrogen-bond acceptors (Lipinski definition) is 2. The van der Waals surface area contributed by atoms with E-state index in [4.69, 9.17) is 0 Å². The topological polar surface area (TPSA) is 58.2 Å². The summed E-state index contributed by atoms with van der Waals surface area (Å²) in [6.45, 7) is 3.51. The fourth-order valence-electron chi connectivity index (χ4n) is 0.333. The lowest BCUT2D eigenvalue weighted by atomic mass is 10.4. The molecule has 0 aliphatic heterocycles. The number of nitrogens with one attached hydrogen (secondary N) is 2. The largest absolute Gasteiger partial charge is 0.285 e. The Labute approximate surface area is 69.1 Å². The van der Waals surface area contributed by atoms with Crippen LogP contribution in [-0.4, -0.2) is 14.5 Å². The van der Waals surface area contributed by atoms with E-state index in [1.807, 2.05) is 0 Å². The van der Waals surface area contributed by atoms with Gasteiger partial charge in [-0.3, -0.25) is 0 Å². The molecule has 56 valence electrons. The molecule has 4 nitrogen and oxygen atoms in total. The van der Waals surface area contributed by atoms with Gasteiger partial charge in [0.2, 0.25) is 0 Å². The van der Waals surface area contributed by atoms with Crippen molar-refractivity contribution in [2.45, 2.75) is 19.9 Å². The smallest absolute Gasteiger partial charge is 0.199 e. The minimum absolute atomic E-state index is 0.0581. The van der Waals surface area contributed by atoms with Gasteiger partial charge in [0, 0.05) is 28.9 Å². The number of halogens is 1. The van der Waals surface area contributed by atoms with Crippen LogP contribution in [0.2, 0.25) is 0 Å². The summed E-state index contributed by atoms with van der Waals surface area (Å²) in [5, 5.41) is 0. The van der Waals surface area contributed by atoms with Gasteiger partial charge >= 0.3 is 0 Å². The maximum Gasteiger partial charge on any atom is 0.285 e. The molecule has 0 aliphatic rings. The molecule has 6 heteroatoms. The third kappa shape index (κ3) is 5.07. The quantitative estimate of drug-likeness (QED) is 0.564. The second-order valence-electron chi connectivity index (χ2n) is 1.85. The molecule has 0 spiro atoms. The lowest BCUT2D eigenvalue weighted by Crippen LogP contribution is -2.35. The zero-order chi connectivity index (χ0) is 7.49. The van der Waals surface area contributed by atoms with Gasteiger partial charge in [0.15, 0.2) is 0 Å². The van der Waals surface area contributed by atoms with Crippen molar-refractivity contribution < 1.29 is 8.42 Å². The highest BCUT2D eigenvalue weighted by molar-refractivity contribution is 14.1. The fourth-order valence-corrected chi connectivity index (χ4v) is 1.38. The van der Waals surface area contributed by atoms with Crippen LogP contribution in [0.1, 0.15) is 13.8 Å². The molecule has 0 aliphatic carbocycles. The summed E-state index contributed by atoms with van der Waals surface area (Å²) < 4.78 is 25.6. The Hall–Kier alpha value is 0.600. The maximum absolute atomic E-state index is 10.6. The average Bonchev–Trinajstić information content (AvgIpc) is 1.63. The van der Waals surface area contributed by atoms with Crippen molar-refractivity contribution in [2.24, 2.45) is 0 Å². The predicted octanol–water partition coefficient (Wildman–Crippen LogP) is 0.169. The summed E-state index contributed by atoms with van der Waals surface area (Å²) in [6.07, 6.45) is 0. The predicted molar refractivity (Wildman–Crippen MR) is 44.3 cm³/mol. The van der Waals surface area contributed by atoms with E-state index < -0.39 is 10.2 Å². The molecule has 0 aromatic heterocycles. The van der Waals surface area contributed by atoms with E-state index in [-0.39, 0.29) is 6.04 Å². The zero-order valence-corrected chi connectivity index (χ0v) is 8.15. The first-order valence-corrected chi connectivity index (χ1v) is 4.94. The van der Waals surface area contributed by atoms with Gasteiger partial charge in [0.1, 0.15) is 0 Å². The molecule has 0 atom stereocenters. The van der Waals surface area contributed by atoms with Crippen LogP contribution in [-0.2, 0) is 10.2 Å². The molecule has 2 N–H and O–H groups in total. The molecule has 0 radical (unpaired) electrons. The molecule has 0 rings (SSSR count). The van der Waals surface area contributed by atoms with Crippen LogP contribution in [0.3, 0.4) is 0 Å². The van der Waals surface area contributed by atoms with Crippen molar-refractivity contribution in [3.8, 4) is 0 Å². The summed E-state index contributed by atoms with van der Waals surface area (Å²) in [6, 6.07) is -0.0581. The molecular weight excluding hydrogens is 255 g/mol. The standard InChI is InChI=1S/C3H9IN2O2S/c1-3(2)5-9(7,8)6-4/h3,5-6H,1-2H3. The third-order valence-electron chi connectivity index (χ3n) is 0.492. The van der Waals surface area contributed by atoms with E-state index in [1.165, 1.54) is 0 Å². The Morgan fingerprint density at radius 1 is 1.44 bits per heavy atom. The van der Waals surface area contributed by atoms with E-state index in [0.717, 1.165) is 0 Å². The first kappa shape index (κ1) is 9.60. The molecule has 0 amide bonds. The molecule has 0 aromatic rings. The van der Waals surface area contributed by atoms with Gasteiger partial charge < -0.3 is 0 Å². The van der Waals surface area contributed by atoms with Crippen molar-refractivity contribution in [1.29, 1.82) is 0 Å².